The van der Waals surface area contributed by atoms with Crippen LogP contribution in [0.4, 0.5) is 11.5 Å². The molecule has 1 aromatic carbocycles. The molecule has 2 N–H and O–H groups in total. The lowest BCUT2D eigenvalue weighted by molar-refractivity contribution is 0.649. The molecule has 4 rings (SSSR count). The number of anilines is 2. The number of nitrogens with zero attached hydrogens (tertiary/aromatic N) is 4. The Kier molecular flexibility index (Phi) is 6.72. The summed E-state index contributed by atoms with van der Waals surface area (Å²) >= 11 is 0. The highest BCUT2D eigenvalue weighted by Crippen LogP contribution is 2.21. The van der Waals surface area contributed by atoms with E-state index in [4.69, 9.17) is 4.99 Å². The van der Waals surface area contributed by atoms with Crippen molar-refractivity contribution in [2.24, 2.45) is 4.99 Å². The normalized spacial score (nSPS) is 19.4. The fourth-order valence-electron chi connectivity index (χ4n) is 4.20. The summed E-state index contributed by atoms with van der Waals surface area (Å²) in [5.41, 5.74) is 3.75. The maximum absolute atomic E-state index is 4.81. The Bertz CT molecular complexity index is 824. The molecule has 0 bridgehead atoms. The molecule has 0 radical (unpaired) electrons. The fourth-order valence-corrected chi connectivity index (χ4v) is 4.20. The number of aromatic nitrogens is 1. The van der Waals surface area contributed by atoms with Gasteiger partial charge in [-0.1, -0.05) is 23.8 Å². The van der Waals surface area contributed by atoms with Crippen LogP contribution in [0.5, 0.6) is 0 Å². The van der Waals surface area contributed by atoms with Gasteiger partial charge in [-0.25, -0.2) is 9.98 Å². The van der Waals surface area contributed by atoms with Gasteiger partial charge in [0.1, 0.15) is 5.82 Å². The van der Waals surface area contributed by atoms with Crippen molar-refractivity contribution in [3.8, 4) is 0 Å². The van der Waals surface area contributed by atoms with Gasteiger partial charge in [-0.3, -0.25) is 0 Å². The van der Waals surface area contributed by atoms with Crippen LogP contribution in [0.1, 0.15) is 37.3 Å². The largest absolute Gasteiger partial charge is 0.369 e. The van der Waals surface area contributed by atoms with Gasteiger partial charge in [0.25, 0.3) is 0 Å². The Morgan fingerprint density at radius 3 is 2.57 bits per heavy atom. The molecule has 6 heteroatoms. The van der Waals surface area contributed by atoms with E-state index in [0.29, 0.717) is 12.6 Å². The van der Waals surface area contributed by atoms with Crippen LogP contribution in [-0.4, -0.2) is 49.7 Å². The Hall–Kier alpha value is -2.76. The van der Waals surface area contributed by atoms with Crippen molar-refractivity contribution in [2.75, 3.05) is 42.5 Å². The van der Waals surface area contributed by atoms with E-state index in [1.165, 1.54) is 24.1 Å². The predicted octanol–water partition coefficient (Wildman–Crippen LogP) is 3.32. The zero-order chi connectivity index (χ0) is 20.8. The minimum atomic E-state index is 0.403. The van der Waals surface area contributed by atoms with Gasteiger partial charge in [0, 0.05) is 50.6 Å². The Morgan fingerprint density at radius 1 is 1.07 bits per heavy atom. The highest BCUT2D eigenvalue weighted by atomic mass is 15.2. The molecule has 2 saturated heterocycles. The average Bonchev–Trinajstić information content (AvgIpc) is 3.46. The summed E-state index contributed by atoms with van der Waals surface area (Å²) in [6, 6.07) is 13.5. The average molecular weight is 407 g/mol. The van der Waals surface area contributed by atoms with Crippen LogP contribution >= 0.6 is 0 Å². The molecule has 0 spiro atoms. The lowest BCUT2D eigenvalue weighted by atomic mass is 10.2. The first-order chi connectivity index (χ1) is 14.7. The van der Waals surface area contributed by atoms with E-state index in [0.717, 1.165) is 56.5 Å². The van der Waals surface area contributed by atoms with E-state index in [-0.39, 0.29) is 0 Å². The number of pyridine rings is 1. The molecule has 2 fully saturated rings. The second-order valence-corrected chi connectivity index (χ2v) is 8.33. The number of nitrogens with one attached hydrogen (secondary N) is 2. The van der Waals surface area contributed by atoms with Gasteiger partial charge >= 0.3 is 0 Å². The van der Waals surface area contributed by atoms with E-state index in [2.05, 4.69) is 75.7 Å². The maximum atomic E-state index is 4.81. The Morgan fingerprint density at radius 2 is 1.87 bits per heavy atom. The van der Waals surface area contributed by atoms with Crippen molar-refractivity contribution in [2.45, 2.75) is 45.7 Å². The van der Waals surface area contributed by atoms with Gasteiger partial charge in [0.15, 0.2) is 5.96 Å². The molecular formula is C24H34N6. The van der Waals surface area contributed by atoms with Gasteiger partial charge in [-0.15, -0.1) is 0 Å². The van der Waals surface area contributed by atoms with E-state index in [1.54, 1.807) is 0 Å². The number of benzene rings is 1. The van der Waals surface area contributed by atoms with Crippen LogP contribution in [0.25, 0.3) is 0 Å². The van der Waals surface area contributed by atoms with E-state index < -0.39 is 0 Å². The summed E-state index contributed by atoms with van der Waals surface area (Å²) in [7, 11) is 0. The topological polar surface area (TPSA) is 55.8 Å². The maximum Gasteiger partial charge on any atom is 0.191 e. The third-order valence-electron chi connectivity index (χ3n) is 5.93. The van der Waals surface area contributed by atoms with Gasteiger partial charge in [-0.2, -0.15) is 0 Å². The van der Waals surface area contributed by atoms with Crippen molar-refractivity contribution < 1.29 is 0 Å². The zero-order valence-electron chi connectivity index (χ0n) is 18.3. The molecule has 3 heterocycles. The summed E-state index contributed by atoms with van der Waals surface area (Å²) in [5.74, 6) is 1.98. The third kappa shape index (κ3) is 5.23. The molecule has 0 amide bonds. The van der Waals surface area contributed by atoms with Crippen molar-refractivity contribution in [3.63, 3.8) is 0 Å². The lowest BCUT2D eigenvalue weighted by Gasteiger charge is -2.20. The van der Waals surface area contributed by atoms with Crippen molar-refractivity contribution in [3.05, 3.63) is 53.7 Å². The highest BCUT2D eigenvalue weighted by Gasteiger charge is 2.23. The fraction of sp³-hybridized carbons (Fsp3) is 0.500. The van der Waals surface area contributed by atoms with Crippen molar-refractivity contribution in [1.82, 2.24) is 15.6 Å². The number of aliphatic imine (C=N–C) groups is 1. The van der Waals surface area contributed by atoms with Crippen LogP contribution in [0, 0.1) is 6.92 Å². The van der Waals surface area contributed by atoms with E-state index >= 15 is 0 Å². The minimum absolute atomic E-state index is 0.403. The highest BCUT2D eigenvalue weighted by molar-refractivity contribution is 5.80. The smallest absolute Gasteiger partial charge is 0.191 e. The molecule has 1 aromatic heterocycles. The van der Waals surface area contributed by atoms with Gasteiger partial charge < -0.3 is 20.4 Å². The quantitative estimate of drug-likeness (QED) is 0.569. The summed E-state index contributed by atoms with van der Waals surface area (Å²) in [6.07, 6.45) is 5.63. The van der Waals surface area contributed by atoms with E-state index in [9.17, 15) is 0 Å². The van der Waals surface area contributed by atoms with Crippen molar-refractivity contribution in [1.29, 1.82) is 0 Å². The number of rotatable bonds is 6. The monoisotopic (exact) mass is 406 g/mol. The Balaban J connectivity index is 1.33. The van der Waals surface area contributed by atoms with Gasteiger partial charge in [-0.05, 0) is 56.9 Å². The second kappa shape index (κ2) is 9.83. The molecule has 2 aliphatic heterocycles. The molecule has 1 unspecified atom stereocenters. The molecule has 6 nitrogen and oxygen atoms in total. The predicted molar refractivity (Wildman–Crippen MR) is 125 cm³/mol. The molecule has 160 valence electrons. The first-order valence-electron chi connectivity index (χ1n) is 11.3. The third-order valence-corrected chi connectivity index (χ3v) is 5.93. The molecule has 2 aromatic rings. The summed E-state index contributed by atoms with van der Waals surface area (Å²) in [4.78, 5) is 14.3. The molecule has 1 atom stereocenters. The molecule has 0 aliphatic carbocycles. The number of hydrogen-bond donors (Lipinski definition) is 2. The summed E-state index contributed by atoms with van der Waals surface area (Å²) < 4.78 is 0. The summed E-state index contributed by atoms with van der Waals surface area (Å²) in [6.45, 7) is 10.1. The minimum Gasteiger partial charge on any atom is -0.369 e. The van der Waals surface area contributed by atoms with Crippen LogP contribution in [-0.2, 0) is 6.54 Å². The number of hydrogen-bond acceptors (Lipinski definition) is 4. The molecular weight excluding hydrogens is 372 g/mol. The van der Waals surface area contributed by atoms with E-state index in [1.807, 2.05) is 6.20 Å². The molecule has 0 saturated carbocycles. The SMILES string of the molecule is CCNC(=NCc1ccc(N2CCCC2)nc1)NC1CCN(c2ccc(C)cc2)C1. The zero-order valence-corrected chi connectivity index (χ0v) is 18.3. The van der Waals surface area contributed by atoms with Crippen LogP contribution < -0.4 is 20.4 Å². The standard InChI is InChI=1S/C24H34N6/c1-3-25-24(27-17-20-8-11-23(26-16-20)29-13-4-5-14-29)28-21-12-15-30(18-21)22-9-6-19(2)7-10-22/h6-11,16,21H,3-5,12-15,17-18H2,1-2H3,(H2,25,27,28). The number of aryl methyl sites for hydroxylation is 1. The van der Waals surface area contributed by atoms with Crippen LogP contribution in [0.15, 0.2) is 47.6 Å². The second-order valence-electron chi connectivity index (χ2n) is 8.33. The van der Waals surface area contributed by atoms with Gasteiger partial charge in [0.05, 0.1) is 6.54 Å². The van der Waals surface area contributed by atoms with Gasteiger partial charge in [0.2, 0.25) is 0 Å². The summed E-state index contributed by atoms with van der Waals surface area (Å²) in [5, 5.41) is 7.01. The van der Waals surface area contributed by atoms with Crippen molar-refractivity contribution >= 4 is 17.5 Å². The molecule has 30 heavy (non-hydrogen) atoms. The Labute approximate surface area is 180 Å². The van der Waals surface area contributed by atoms with Crippen LogP contribution in [0.3, 0.4) is 0 Å². The lowest BCUT2D eigenvalue weighted by Crippen LogP contribution is -2.44. The number of guanidine groups is 1. The van der Waals surface area contributed by atoms with Crippen LogP contribution in [0.2, 0.25) is 0 Å². The molecule has 2 aliphatic rings. The first kappa shape index (κ1) is 20.5. The first-order valence-corrected chi connectivity index (χ1v) is 11.3.